The van der Waals surface area contributed by atoms with Crippen molar-refractivity contribution in [3.63, 3.8) is 0 Å². The lowest BCUT2D eigenvalue weighted by Gasteiger charge is -2.17. The van der Waals surface area contributed by atoms with E-state index in [1.165, 1.54) is 7.11 Å². The van der Waals surface area contributed by atoms with Crippen LogP contribution in [0.1, 0.15) is 13.8 Å². The van der Waals surface area contributed by atoms with Crippen molar-refractivity contribution in [3.8, 4) is 0 Å². The maximum Gasteiger partial charge on any atom is 0.247 e. The van der Waals surface area contributed by atoms with Gasteiger partial charge in [0.15, 0.2) is 0 Å². The highest BCUT2D eigenvalue weighted by atomic mass is 16.6. The van der Waals surface area contributed by atoms with Crippen LogP contribution in [0.3, 0.4) is 0 Å². The third-order valence-electron chi connectivity index (χ3n) is 2.03. The number of rotatable bonds is 5. The van der Waals surface area contributed by atoms with Gasteiger partial charge in [-0.05, 0) is 0 Å². The zero-order chi connectivity index (χ0) is 11.1. The second-order valence-corrected chi connectivity index (χ2v) is 2.99. The predicted molar refractivity (Wildman–Crippen MR) is 50.7 cm³/mol. The zero-order valence-electron chi connectivity index (χ0n) is 8.88. The molecule has 0 aliphatic rings. The van der Waals surface area contributed by atoms with Gasteiger partial charge in [0, 0.05) is 18.9 Å². The highest BCUT2D eigenvalue weighted by molar-refractivity contribution is 5.86. The Labute approximate surface area is 83.3 Å². The Hall–Kier alpha value is -1.14. The highest BCUT2D eigenvalue weighted by Gasteiger charge is 2.25. The van der Waals surface area contributed by atoms with Crippen molar-refractivity contribution in [2.45, 2.75) is 13.8 Å². The number of hydrogen-bond donors (Lipinski definition) is 3. The van der Waals surface area contributed by atoms with E-state index < -0.39 is 11.8 Å². The molecule has 2 atom stereocenters. The molecule has 6 nitrogen and oxygen atoms in total. The summed E-state index contributed by atoms with van der Waals surface area (Å²) in [5.41, 5.74) is 7.11. The Morgan fingerprint density at radius 1 is 1.14 bits per heavy atom. The van der Waals surface area contributed by atoms with Crippen LogP contribution in [0.5, 0.6) is 0 Å². The van der Waals surface area contributed by atoms with Gasteiger partial charge in [-0.1, -0.05) is 13.8 Å². The normalized spacial score (nSPS) is 14.3. The summed E-state index contributed by atoms with van der Waals surface area (Å²) in [4.78, 5) is 27.0. The number of carbonyl (C=O) groups is 2. The van der Waals surface area contributed by atoms with Crippen LogP contribution >= 0.6 is 0 Å². The van der Waals surface area contributed by atoms with Crippen LogP contribution in [0.25, 0.3) is 0 Å². The van der Waals surface area contributed by atoms with Crippen molar-refractivity contribution in [1.82, 2.24) is 16.3 Å². The Balaban J connectivity index is 4.16. The molecule has 0 bridgehead atoms. The number of hydroxylamine groups is 1. The van der Waals surface area contributed by atoms with Crippen molar-refractivity contribution >= 4 is 11.8 Å². The summed E-state index contributed by atoms with van der Waals surface area (Å²) in [6.45, 7) is 3.33. The Bertz CT molecular complexity index is 186. The first-order valence-corrected chi connectivity index (χ1v) is 4.34. The van der Waals surface area contributed by atoms with E-state index in [1.54, 1.807) is 20.9 Å². The Kier molecular flexibility index (Phi) is 5.82. The molecule has 3 N–H and O–H groups in total. The number of amides is 2. The van der Waals surface area contributed by atoms with Crippen molar-refractivity contribution in [3.05, 3.63) is 0 Å². The number of nitrogens with one attached hydrogen (secondary N) is 3. The maximum atomic E-state index is 11.3. The minimum Gasteiger partial charge on any atom is -0.292 e. The minimum atomic E-state index is -0.441. The summed E-state index contributed by atoms with van der Waals surface area (Å²) in [7, 11) is 2.94. The Morgan fingerprint density at radius 2 is 1.64 bits per heavy atom. The first kappa shape index (κ1) is 12.9. The quantitative estimate of drug-likeness (QED) is 0.510. The molecule has 82 valence electrons. The zero-order valence-corrected chi connectivity index (χ0v) is 8.88. The van der Waals surface area contributed by atoms with Crippen molar-refractivity contribution < 1.29 is 14.4 Å². The average Bonchev–Trinajstić information content (AvgIpc) is 2.16. The predicted octanol–water partition coefficient (Wildman–Crippen LogP) is -0.813. The molecule has 0 aromatic carbocycles. The fourth-order valence-electron chi connectivity index (χ4n) is 0.885. The standard InChI is InChI=1S/C8H17N3O3/c1-5(7(12)10-9-3)6(2)8(13)11-14-4/h5-6,9H,1-4H3,(H,10,12)(H,11,13)/t5-,6?/m1/s1. The van der Waals surface area contributed by atoms with Gasteiger partial charge in [0.05, 0.1) is 7.11 Å². The second kappa shape index (κ2) is 6.33. The van der Waals surface area contributed by atoms with Crippen LogP contribution < -0.4 is 16.3 Å². The molecular weight excluding hydrogens is 186 g/mol. The van der Waals surface area contributed by atoms with Gasteiger partial charge < -0.3 is 0 Å². The highest BCUT2D eigenvalue weighted by Crippen LogP contribution is 2.10. The molecule has 0 saturated carbocycles. The first-order chi connectivity index (χ1) is 6.54. The van der Waals surface area contributed by atoms with Crippen LogP contribution in [0.15, 0.2) is 0 Å². The van der Waals surface area contributed by atoms with E-state index in [9.17, 15) is 9.59 Å². The third kappa shape index (κ3) is 3.71. The lowest BCUT2D eigenvalue weighted by atomic mass is 9.95. The summed E-state index contributed by atoms with van der Waals surface area (Å²) >= 11 is 0. The van der Waals surface area contributed by atoms with Crippen molar-refractivity contribution in [2.75, 3.05) is 14.2 Å². The molecule has 0 aromatic rings. The van der Waals surface area contributed by atoms with Crippen LogP contribution in [0.2, 0.25) is 0 Å². The van der Waals surface area contributed by atoms with E-state index in [4.69, 9.17) is 0 Å². The summed E-state index contributed by atoms with van der Waals surface area (Å²) in [5.74, 6) is -1.40. The van der Waals surface area contributed by atoms with Crippen molar-refractivity contribution in [2.24, 2.45) is 11.8 Å². The van der Waals surface area contributed by atoms with E-state index in [2.05, 4.69) is 21.2 Å². The summed E-state index contributed by atoms with van der Waals surface area (Å²) in [6.07, 6.45) is 0. The van der Waals surface area contributed by atoms with Gasteiger partial charge >= 0.3 is 0 Å². The van der Waals surface area contributed by atoms with E-state index in [1.807, 2.05) is 0 Å². The van der Waals surface area contributed by atoms with Crippen LogP contribution in [-0.2, 0) is 14.4 Å². The van der Waals surface area contributed by atoms with Gasteiger partial charge in [-0.15, -0.1) is 0 Å². The van der Waals surface area contributed by atoms with E-state index >= 15 is 0 Å². The van der Waals surface area contributed by atoms with Gasteiger partial charge in [-0.25, -0.2) is 10.9 Å². The van der Waals surface area contributed by atoms with Crippen LogP contribution in [0, 0.1) is 11.8 Å². The lowest BCUT2D eigenvalue weighted by Crippen LogP contribution is -2.43. The van der Waals surface area contributed by atoms with Gasteiger partial charge in [-0.3, -0.25) is 19.9 Å². The molecule has 0 aromatic heterocycles. The van der Waals surface area contributed by atoms with Gasteiger partial charge in [0.2, 0.25) is 11.8 Å². The minimum absolute atomic E-state index is 0.230. The molecule has 0 radical (unpaired) electrons. The molecule has 6 heteroatoms. The average molecular weight is 203 g/mol. The summed E-state index contributed by atoms with van der Waals surface area (Å²) in [6, 6.07) is 0. The molecule has 0 fully saturated rings. The number of hydrogen-bond acceptors (Lipinski definition) is 4. The van der Waals surface area contributed by atoms with Gasteiger partial charge in [0.25, 0.3) is 0 Å². The molecular formula is C8H17N3O3. The van der Waals surface area contributed by atoms with Gasteiger partial charge in [0.1, 0.15) is 0 Å². The monoisotopic (exact) mass is 203 g/mol. The smallest absolute Gasteiger partial charge is 0.247 e. The molecule has 14 heavy (non-hydrogen) atoms. The molecule has 0 rings (SSSR count). The molecule has 0 spiro atoms. The largest absolute Gasteiger partial charge is 0.292 e. The molecule has 2 amide bonds. The van der Waals surface area contributed by atoms with E-state index in [-0.39, 0.29) is 11.8 Å². The molecule has 0 heterocycles. The van der Waals surface area contributed by atoms with Crippen LogP contribution in [-0.4, -0.2) is 26.0 Å². The second-order valence-electron chi connectivity index (χ2n) is 2.99. The molecule has 0 aliphatic heterocycles. The molecule has 0 saturated heterocycles. The van der Waals surface area contributed by atoms with E-state index in [0.29, 0.717) is 0 Å². The fourth-order valence-corrected chi connectivity index (χ4v) is 0.885. The molecule has 1 unspecified atom stereocenters. The van der Waals surface area contributed by atoms with Crippen molar-refractivity contribution in [1.29, 1.82) is 0 Å². The van der Waals surface area contributed by atoms with E-state index in [0.717, 1.165) is 0 Å². The topological polar surface area (TPSA) is 79.5 Å². The first-order valence-electron chi connectivity index (χ1n) is 4.34. The lowest BCUT2D eigenvalue weighted by molar-refractivity contribution is -0.140. The number of carbonyl (C=O) groups excluding carboxylic acids is 2. The number of hydrazine groups is 1. The summed E-state index contributed by atoms with van der Waals surface area (Å²) in [5, 5.41) is 0. The SMILES string of the molecule is CNNC(=O)[C@H](C)C(C)C(=O)NOC. The molecule has 0 aliphatic carbocycles. The fraction of sp³-hybridized carbons (Fsp3) is 0.750. The Morgan fingerprint density at radius 3 is 2.07 bits per heavy atom. The maximum absolute atomic E-state index is 11.3. The third-order valence-corrected chi connectivity index (χ3v) is 2.03. The summed E-state index contributed by atoms with van der Waals surface area (Å²) < 4.78 is 0. The van der Waals surface area contributed by atoms with Gasteiger partial charge in [-0.2, -0.15) is 0 Å². The van der Waals surface area contributed by atoms with Crippen LogP contribution in [0.4, 0.5) is 0 Å².